The highest BCUT2D eigenvalue weighted by Crippen LogP contribution is 2.37. The van der Waals surface area contributed by atoms with E-state index in [0.29, 0.717) is 42.6 Å². The van der Waals surface area contributed by atoms with Crippen LogP contribution in [0.2, 0.25) is 0 Å². The van der Waals surface area contributed by atoms with Crippen LogP contribution in [0, 0.1) is 0 Å². The summed E-state index contributed by atoms with van der Waals surface area (Å²) in [6, 6.07) is 3.45. The van der Waals surface area contributed by atoms with Gasteiger partial charge in [0.05, 0.1) is 5.69 Å². The number of carbonyl (C=O) groups excluding carboxylic acids is 1. The van der Waals surface area contributed by atoms with Crippen molar-refractivity contribution >= 4 is 37.5 Å². The van der Waals surface area contributed by atoms with Gasteiger partial charge in [-0.05, 0) is 38.2 Å². The number of nitrogens with zero attached hydrogens (tertiary/aromatic N) is 2. The minimum atomic E-state index is -3.68. The molecule has 1 aliphatic rings. The molecule has 0 radical (unpaired) electrons. The van der Waals surface area contributed by atoms with Crippen LogP contribution in [0.3, 0.4) is 0 Å². The molecular formula is C15H22BrN3O3S. The number of hydrogen-bond acceptors (Lipinski definition) is 4. The van der Waals surface area contributed by atoms with Crippen LogP contribution in [0.1, 0.15) is 18.9 Å². The lowest BCUT2D eigenvalue weighted by Crippen LogP contribution is -2.34. The Morgan fingerprint density at radius 3 is 2.70 bits per heavy atom. The molecule has 0 aliphatic carbocycles. The van der Waals surface area contributed by atoms with Crippen molar-refractivity contribution in [3.63, 3.8) is 0 Å². The number of likely N-dealkylation sites (N-methyl/N-ethyl adjacent to an activating group) is 1. The number of sulfonamides is 1. The summed E-state index contributed by atoms with van der Waals surface area (Å²) in [5.41, 5.74) is 1.41. The summed E-state index contributed by atoms with van der Waals surface area (Å²) in [6.07, 6.45) is 1.02. The van der Waals surface area contributed by atoms with E-state index < -0.39 is 10.0 Å². The maximum atomic E-state index is 12.7. The minimum Gasteiger partial charge on any atom is -0.310 e. The van der Waals surface area contributed by atoms with Gasteiger partial charge >= 0.3 is 0 Å². The molecule has 0 bridgehead atoms. The number of amides is 1. The first-order chi connectivity index (χ1) is 10.8. The van der Waals surface area contributed by atoms with E-state index in [1.807, 2.05) is 25.1 Å². The summed E-state index contributed by atoms with van der Waals surface area (Å²) in [6.45, 7) is 3.23. The molecule has 0 fully saturated rings. The van der Waals surface area contributed by atoms with Crippen molar-refractivity contribution in [3.05, 3.63) is 22.2 Å². The van der Waals surface area contributed by atoms with Crippen LogP contribution < -0.4 is 9.62 Å². The van der Waals surface area contributed by atoms with Gasteiger partial charge in [-0.25, -0.2) is 13.1 Å². The lowest BCUT2D eigenvalue weighted by molar-refractivity contribution is -0.118. The highest BCUT2D eigenvalue weighted by atomic mass is 79.9. The zero-order chi connectivity index (χ0) is 17.2. The van der Waals surface area contributed by atoms with Gasteiger partial charge in [-0.3, -0.25) is 4.79 Å². The fourth-order valence-corrected chi connectivity index (χ4v) is 4.55. The second-order valence-electron chi connectivity index (χ2n) is 5.76. The molecule has 0 unspecified atom stereocenters. The molecule has 0 spiro atoms. The Labute approximate surface area is 146 Å². The third kappa shape index (κ3) is 4.12. The lowest BCUT2D eigenvalue weighted by atomic mass is 10.2. The molecule has 1 aromatic rings. The number of rotatable bonds is 6. The quantitative estimate of drug-likeness (QED) is 0.782. The van der Waals surface area contributed by atoms with Crippen molar-refractivity contribution in [2.24, 2.45) is 0 Å². The van der Waals surface area contributed by atoms with Crippen LogP contribution in [0.15, 0.2) is 21.5 Å². The Morgan fingerprint density at radius 2 is 2.09 bits per heavy atom. The standard InChI is InChI=1S/C15H22BrN3O3S/c1-4-14(20)19-7-5-11-9-12(16)10-13(15(11)19)23(21,22)17-6-8-18(2)3/h9-10,17H,4-8H2,1-3H3. The predicted molar refractivity (Wildman–Crippen MR) is 94.2 cm³/mol. The molecule has 0 atom stereocenters. The molecule has 0 saturated heterocycles. The van der Waals surface area contributed by atoms with Crippen LogP contribution in [-0.4, -0.2) is 53.0 Å². The second kappa shape index (κ2) is 7.29. The van der Waals surface area contributed by atoms with Crippen molar-refractivity contribution in [2.75, 3.05) is 38.6 Å². The van der Waals surface area contributed by atoms with Crippen LogP contribution in [-0.2, 0) is 21.2 Å². The molecular weight excluding hydrogens is 382 g/mol. The summed E-state index contributed by atoms with van der Waals surface area (Å²) in [7, 11) is 0.0845. The van der Waals surface area contributed by atoms with Crippen LogP contribution in [0.5, 0.6) is 0 Å². The summed E-state index contributed by atoms with van der Waals surface area (Å²) in [5, 5.41) is 0. The number of benzene rings is 1. The van der Waals surface area contributed by atoms with E-state index in [4.69, 9.17) is 0 Å². The molecule has 1 heterocycles. The monoisotopic (exact) mass is 403 g/mol. The smallest absolute Gasteiger partial charge is 0.242 e. The molecule has 2 rings (SSSR count). The van der Waals surface area contributed by atoms with E-state index in [1.165, 1.54) is 0 Å². The van der Waals surface area contributed by atoms with Crippen molar-refractivity contribution in [1.29, 1.82) is 0 Å². The van der Waals surface area contributed by atoms with Crippen LogP contribution >= 0.6 is 15.9 Å². The van der Waals surface area contributed by atoms with Crippen LogP contribution in [0.25, 0.3) is 0 Å². The molecule has 1 N–H and O–H groups in total. The van der Waals surface area contributed by atoms with Crippen LogP contribution in [0.4, 0.5) is 5.69 Å². The Kier molecular flexibility index (Phi) is 5.83. The number of halogens is 1. The van der Waals surface area contributed by atoms with E-state index in [0.717, 1.165) is 5.56 Å². The van der Waals surface area contributed by atoms with E-state index in [1.54, 1.807) is 17.9 Å². The zero-order valence-electron chi connectivity index (χ0n) is 13.6. The lowest BCUT2D eigenvalue weighted by Gasteiger charge is -2.20. The maximum Gasteiger partial charge on any atom is 0.242 e. The molecule has 128 valence electrons. The maximum absolute atomic E-state index is 12.7. The van der Waals surface area contributed by atoms with Crippen molar-refractivity contribution in [2.45, 2.75) is 24.7 Å². The molecule has 0 saturated carbocycles. The van der Waals surface area contributed by atoms with Gasteiger partial charge in [-0.15, -0.1) is 0 Å². The first kappa shape index (κ1) is 18.4. The second-order valence-corrected chi connectivity index (χ2v) is 8.41. The third-order valence-corrected chi connectivity index (χ3v) is 5.67. The summed E-state index contributed by atoms with van der Waals surface area (Å²) in [5.74, 6) is -0.0594. The molecule has 8 heteroatoms. The first-order valence-corrected chi connectivity index (χ1v) is 9.81. The molecule has 1 aliphatic heterocycles. The Morgan fingerprint density at radius 1 is 1.39 bits per heavy atom. The van der Waals surface area contributed by atoms with Gasteiger partial charge in [0.2, 0.25) is 15.9 Å². The Bertz CT molecular complexity index is 704. The Hall–Kier alpha value is -0.960. The van der Waals surface area contributed by atoms with Gasteiger partial charge in [0.15, 0.2) is 0 Å². The summed E-state index contributed by atoms with van der Waals surface area (Å²) in [4.78, 5) is 15.8. The van der Waals surface area contributed by atoms with Crippen molar-refractivity contribution in [3.8, 4) is 0 Å². The van der Waals surface area contributed by atoms with Gasteiger partial charge in [-0.2, -0.15) is 0 Å². The average Bonchev–Trinajstić information content (AvgIpc) is 2.88. The minimum absolute atomic E-state index is 0.0594. The first-order valence-electron chi connectivity index (χ1n) is 7.53. The molecule has 0 aromatic heterocycles. The molecule has 6 nitrogen and oxygen atoms in total. The third-order valence-electron chi connectivity index (χ3n) is 3.74. The SMILES string of the molecule is CCC(=O)N1CCc2cc(Br)cc(S(=O)(=O)NCCN(C)C)c21. The average molecular weight is 404 g/mol. The fraction of sp³-hybridized carbons (Fsp3) is 0.533. The van der Waals surface area contributed by atoms with Gasteiger partial charge in [0.1, 0.15) is 4.90 Å². The number of fused-ring (bicyclic) bond motifs is 1. The molecule has 23 heavy (non-hydrogen) atoms. The number of hydrogen-bond donors (Lipinski definition) is 1. The van der Waals surface area contributed by atoms with E-state index in [-0.39, 0.29) is 10.8 Å². The van der Waals surface area contributed by atoms with Gasteiger partial charge in [0.25, 0.3) is 0 Å². The number of carbonyl (C=O) groups is 1. The fourth-order valence-electron chi connectivity index (χ4n) is 2.60. The van der Waals surface area contributed by atoms with E-state index >= 15 is 0 Å². The van der Waals surface area contributed by atoms with Crippen molar-refractivity contribution in [1.82, 2.24) is 9.62 Å². The topological polar surface area (TPSA) is 69.7 Å². The molecule has 1 amide bonds. The Balaban J connectivity index is 2.41. The highest BCUT2D eigenvalue weighted by Gasteiger charge is 2.31. The van der Waals surface area contributed by atoms with E-state index in [9.17, 15) is 13.2 Å². The largest absolute Gasteiger partial charge is 0.310 e. The zero-order valence-corrected chi connectivity index (χ0v) is 16.0. The molecule has 1 aromatic carbocycles. The van der Waals surface area contributed by atoms with Gasteiger partial charge in [-0.1, -0.05) is 22.9 Å². The predicted octanol–water partition coefficient (Wildman–Crippen LogP) is 1.59. The highest BCUT2D eigenvalue weighted by molar-refractivity contribution is 9.10. The number of anilines is 1. The number of nitrogens with one attached hydrogen (secondary N) is 1. The van der Waals surface area contributed by atoms with E-state index in [2.05, 4.69) is 20.7 Å². The van der Waals surface area contributed by atoms with Gasteiger partial charge in [0, 0.05) is 30.5 Å². The summed E-state index contributed by atoms with van der Waals surface area (Å²) < 4.78 is 28.7. The van der Waals surface area contributed by atoms with Gasteiger partial charge < -0.3 is 9.80 Å². The van der Waals surface area contributed by atoms with Crippen molar-refractivity contribution < 1.29 is 13.2 Å². The normalized spacial score (nSPS) is 14.4. The summed E-state index contributed by atoms with van der Waals surface area (Å²) >= 11 is 3.37.